The number of ether oxygens (including phenoxy) is 1. The molecule has 0 saturated carbocycles. The number of nitrogens with zero attached hydrogens (tertiary/aromatic N) is 4. The molecule has 1 atom stereocenters. The van der Waals surface area contributed by atoms with Crippen LogP contribution < -0.4 is 15.2 Å². The van der Waals surface area contributed by atoms with Gasteiger partial charge in [-0.3, -0.25) is 4.72 Å². The van der Waals surface area contributed by atoms with Gasteiger partial charge >= 0.3 is 0 Å². The van der Waals surface area contributed by atoms with Gasteiger partial charge in [0, 0.05) is 12.4 Å². The lowest BCUT2D eigenvalue weighted by Gasteiger charge is -2.17. The summed E-state index contributed by atoms with van der Waals surface area (Å²) in [6, 6.07) is 14.7. The third-order valence-corrected chi connectivity index (χ3v) is 6.91. The Morgan fingerprint density at radius 3 is 2.47 bits per heavy atom. The zero-order valence-corrected chi connectivity index (χ0v) is 19.5. The molecule has 0 spiro atoms. The fraction of sp³-hybridized carbons (Fsp3) is 0.0833. The number of anilines is 2. The first-order valence-corrected chi connectivity index (χ1v) is 12.0. The van der Waals surface area contributed by atoms with E-state index in [-0.39, 0.29) is 11.8 Å². The monoisotopic (exact) mass is 508 g/mol. The Kier molecular flexibility index (Phi) is 6.75. The predicted octanol–water partition coefficient (Wildman–Crippen LogP) is 4.57. The maximum Gasteiger partial charge on any atom is 0.239 e. The van der Waals surface area contributed by atoms with Gasteiger partial charge in [-0.2, -0.15) is 9.65 Å². The number of nitrogens with one attached hydrogen (secondary N) is 1. The van der Waals surface area contributed by atoms with E-state index in [0.29, 0.717) is 22.4 Å². The number of nitrogens with two attached hydrogens (primary N) is 1. The molecule has 36 heavy (non-hydrogen) atoms. The van der Waals surface area contributed by atoms with Crippen LogP contribution in [0.1, 0.15) is 23.3 Å². The molecule has 2 aromatic heterocycles. The predicted molar refractivity (Wildman–Crippen MR) is 128 cm³/mol. The third-order valence-electron chi connectivity index (χ3n) is 5.20. The van der Waals surface area contributed by atoms with E-state index in [0.717, 1.165) is 12.1 Å². The molecule has 0 saturated heterocycles. The summed E-state index contributed by atoms with van der Waals surface area (Å²) in [4.78, 5) is 11.9. The summed E-state index contributed by atoms with van der Waals surface area (Å²) in [5.41, 5.74) is 6.47. The molecule has 0 radical (unpaired) electrons. The standard InChI is InChI=1S/C24H18F2N6O3S/c1-14(16-6-4-15(13-27)5-7-16)36(33,34)32-19-8-9-20(22(26)21(19)25)35-23-17(3-2-11-29-23)18-10-12-30-24(28)31-18/h2-12,14,32H,1H3,(H2,28,30,31). The molecule has 182 valence electrons. The summed E-state index contributed by atoms with van der Waals surface area (Å²) in [5.74, 6) is -3.45. The summed E-state index contributed by atoms with van der Waals surface area (Å²) in [5, 5.41) is 7.78. The smallest absolute Gasteiger partial charge is 0.239 e. The van der Waals surface area contributed by atoms with E-state index in [1.807, 2.05) is 6.07 Å². The topological polar surface area (TPSA) is 144 Å². The Balaban J connectivity index is 1.59. The van der Waals surface area contributed by atoms with Gasteiger partial charge < -0.3 is 10.5 Å². The Hall–Kier alpha value is -4.63. The van der Waals surface area contributed by atoms with Gasteiger partial charge in [-0.05, 0) is 55.0 Å². The lowest BCUT2D eigenvalue weighted by Crippen LogP contribution is -2.20. The van der Waals surface area contributed by atoms with Gasteiger partial charge in [0.15, 0.2) is 11.6 Å². The lowest BCUT2D eigenvalue weighted by atomic mass is 10.1. The van der Waals surface area contributed by atoms with Crippen LogP contribution in [-0.2, 0) is 10.0 Å². The van der Waals surface area contributed by atoms with Crippen LogP contribution in [0.25, 0.3) is 11.3 Å². The van der Waals surface area contributed by atoms with Crippen molar-refractivity contribution in [3.8, 4) is 29.0 Å². The number of sulfonamides is 1. The molecule has 0 aliphatic carbocycles. The maximum atomic E-state index is 14.9. The van der Waals surface area contributed by atoms with Crippen molar-refractivity contribution in [3.05, 3.63) is 89.8 Å². The molecule has 4 rings (SSSR count). The molecule has 2 heterocycles. The quantitative estimate of drug-likeness (QED) is 0.370. The summed E-state index contributed by atoms with van der Waals surface area (Å²) < 4.78 is 62.9. The second-order valence-electron chi connectivity index (χ2n) is 7.52. The van der Waals surface area contributed by atoms with E-state index >= 15 is 0 Å². The first-order valence-electron chi connectivity index (χ1n) is 10.4. The second kappa shape index (κ2) is 9.93. The van der Waals surface area contributed by atoms with Crippen molar-refractivity contribution in [2.75, 3.05) is 10.5 Å². The van der Waals surface area contributed by atoms with E-state index in [4.69, 9.17) is 15.7 Å². The number of benzene rings is 2. The molecule has 0 fully saturated rings. The number of halogens is 2. The Bertz CT molecular complexity index is 1570. The van der Waals surface area contributed by atoms with Gasteiger partial charge in [0.2, 0.25) is 27.7 Å². The number of hydrogen-bond donors (Lipinski definition) is 2. The molecule has 3 N–H and O–H groups in total. The van der Waals surface area contributed by atoms with Crippen molar-refractivity contribution in [2.24, 2.45) is 0 Å². The Morgan fingerprint density at radius 1 is 1.03 bits per heavy atom. The summed E-state index contributed by atoms with van der Waals surface area (Å²) in [6.45, 7) is 1.39. The van der Waals surface area contributed by atoms with Gasteiger partial charge in [0.05, 0.1) is 28.6 Å². The highest BCUT2D eigenvalue weighted by atomic mass is 32.2. The number of rotatable bonds is 7. The third kappa shape index (κ3) is 5.06. The van der Waals surface area contributed by atoms with Crippen LogP contribution in [0.3, 0.4) is 0 Å². The highest BCUT2D eigenvalue weighted by molar-refractivity contribution is 7.92. The van der Waals surface area contributed by atoms with Crippen LogP contribution in [0.4, 0.5) is 20.4 Å². The van der Waals surface area contributed by atoms with E-state index in [2.05, 4.69) is 19.7 Å². The molecule has 4 aromatic rings. The molecular formula is C24H18F2N6O3S. The molecule has 0 bridgehead atoms. The second-order valence-corrected chi connectivity index (χ2v) is 9.52. The highest BCUT2D eigenvalue weighted by Crippen LogP contribution is 2.35. The molecule has 1 unspecified atom stereocenters. The van der Waals surface area contributed by atoms with Crippen LogP contribution in [0, 0.1) is 23.0 Å². The van der Waals surface area contributed by atoms with Crippen LogP contribution in [0.5, 0.6) is 11.6 Å². The summed E-state index contributed by atoms with van der Waals surface area (Å²) >= 11 is 0. The minimum atomic E-state index is -4.16. The van der Waals surface area contributed by atoms with Gasteiger partial charge in [-0.15, -0.1) is 0 Å². The highest BCUT2D eigenvalue weighted by Gasteiger charge is 2.26. The first-order chi connectivity index (χ1) is 17.2. The minimum Gasteiger partial charge on any atom is -0.435 e. The van der Waals surface area contributed by atoms with Gasteiger partial charge in [-0.1, -0.05) is 12.1 Å². The molecule has 0 amide bonds. The first kappa shape index (κ1) is 24.5. The van der Waals surface area contributed by atoms with Crippen molar-refractivity contribution < 1.29 is 21.9 Å². The van der Waals surface area contributed by atoms with Crippen LogP contribution >= 0.6 is 0 Å². The SMILES string of the molecule is CC(c1ccc(C#N)cc1)S(=O)(=O)Nc1ccc(Oc2ncccc2-c2ccnc(N)n2)c(F)c1F. The number of nitriles is 1. The van der Waals surface area contributed by atoms with Crippen molar-refractivity contribution in [3.63, 3.8) is 0 Å². The van der Waals surface area contributed by atoms with Crippen molar-refractivity contribution >= 4 is 21.7 Å². The summed E-state index contributed by atoms with van der Waals surface area (Å²) in [6.07, 6.45) is 2.82. The molecule has 0 aliphatic heterocycles. The van der Waals surface area contributed by atoms with Crippen molar-refractivity contribution in [1.29, 1.82) is 5.26 Å². The largest absolute Gasteiger partial charge is 0.435 e. The molecule has 9 nitrogen and oxygen atoms in total. The van der Waals surface area contributed by atoms with Gasteiger partial charge in [0.1, 0.15) is 5.25 Å². The average Bonchev–Trinajstić information content (AvgIpc) is 2.88. The number of hydrogen-bond acceptors (Lipinski definition) is 8. The van der Waals surface area contributed by atoms with Crippen molar-refractivity contribution in [2.45, 2.75) is 12.2 Å². The fourth-order valence-corrected chi connectivity index (χ4v) is 4.39. The molecular weight excluding hydrogens is 490 g/mol. The zero-order chi connectivity index (χ0) is 25.9. The average molecular weight is 509 g/mol. The van der Waals surface area contributed by atoms with E-state index < -0.39 is 38.3 Å². The van der Waals surface area contributed by atoms with Gasteiger partial charge in [0.25, 0.3) is 0 Å². The Morgan fingerprint density at radius 2 is 1.78 bits per heavy atom. The summed E-state index contributed by atoms with van der Waals surface area (Å²) in [7, 11) is -4.16. The Labute approximate surface area is 205 Å². The molecule has 2 aromatic carbocycles. The molecule has 0 aliphatic rings. The van der Waals surface area contributed by atoms with E-state index in [1.54, 1.807) is 18.2 Å². The van der Waals surface area contributed by atoms with E-state index in [9.17, 15) is 17.2 Å². The van der Waals surface area contributed by atoms with Crippen LogP contribution in [-0.4, -0.2) is 23.4 Å². The van der Waals surface area contributed by atoms with Crippen LogP contribution in [0.15, 0.2) is 67.0 Å². The minimum absolute atomic E-state index is 0.00593. The normalized spacial score (nSPS) is 11.9. The van der Waals surface area contributed by atoms with E-state index in [1.165, 1.54) is 43.6 Å². The maximum absolute atomic E-state index is 14.9. The number of aromatic nitrogens is 3. The zero-order valence-electron chi connectivity index (χ0n) is 18.7. The number of pyridine rings is 1. The van der Waals surface area contributed by atoms with Crippen LogP contribution in [0.2, 0.25) is 0 Å². The van der Waals surface area contributed by atoms with Gasteiger partial charge in [-0.25, -0.2) is 27.8 Å². The number of nitrogen functional groups attached to an aromatic ring is 1. The molecule has 12 heteroatoms. The fourth-order valence-electron chi connectivity index (χ4n) is 3.23. The lowest BCUT2D eigenvalue weighted by molar-refractivity contribution is 0.407. The van der Waals surface area contributed by atoms with Crippen molar-refractivity contribution in [1.82, 2.24) is 15.0 Å².